The van der Waals surface area contributed by atoms with Gasteiger partial charge in [-0.15, -0.1) is 0 Å². The molecule has 0 radical (unpaired) electrons. The summed E-state index contributed by atoms with van der Waals surface area (Å²) in [5.41, 5.74) is 6.70. The van der Waals surface area contributed by atoms with Crippen LogP contribution in [0.5, 0.6) is 34.5 Å². The van der Waals surface area contributed by atoms with E-state index in [1.54, 1.807) is 14.2 Å². The molecule has 0 saturated heterocycles. The fourth-order valence-corrected chi connectivity index (χ4v) is 7.42. The monoisotopic (exact) mass is 882 g/mol. The fourth-order valence-electron chi connectivity index (χ4n) is 7.42. The molecule has 0 bridgehead atoms. The quantitative estimate of drug-likeness (QED) is 0.187. The SMILES string of the molecule is COc1cc2c(cc1OC)C1(CC2(C)C)CC(C)(C)c2cc3c(cc21)Oc1c(C#N)c(C)c(C)c(C#N)c1O3.F.FF.FF.FF.FF.FF.FF.FF.FF.FF. The molecule has 0 aromatic heterocycles. The Morgan fingerprint density at radius 1 is 0.500 bits per heavy atom. The van der Waals surface area contributed by atoms with Gasteiger partial charge in [0.2, 0.25) is 0 Å². The normalized spacial score (nSPS) is 14.7. The predicted octanol–water partition coefficient (Wildman–Crippen LogP) is 15.3. The summed E-state index contributed by atoms with van der Waals surface area (Å²) in [5, 5.41) is 19.9. The zero-order valence-electron chi connectivity index (χ0n) is 31.0. The van der Waals surface area contributed by atoms with E-state index in [1.165, 1.54) is 22.3 Å². The number of nitrogens with zero attached hydrogens (tertiary/aromatic N) is 2. The lowest BCUT2D eigenvalue weighted by atomic mass is 9.72. The molecule has 332 valence electrons. The topological polar surface area (TPSA) is 84.5 Å². The average molecular weight is 883 g/mol. The van der Waals surface area contributed by atoms with Crippen LogP contribution < -0.4 is 18.9 Å². The first-order chi connectivity index (χ1) is 27.4. The third-order valence-electron chi connectivity index (χ3n) is 9.20. The first kappa shape index (κ1) is 61.7. The van der Waals surface area contributed by atoms with Crippen molar-refractivity contribution in [3.8, 4) is 46.6 Å². The summed E-state index contributed by atoms with van der Waals surface area (Å²) in [5.74, 6) is 3.22. The minimum absolute atomic E-state index is 0. The fraction of sp³-hybridized carbons (Fsp3) is 0.394. The zero-order valence-corrected chi connectivity index (χ0v) is 31.0. The van der Waals surface area contributed by atoms with Gasteiger partial charge >= 0.3 is 0 Å². The molecular weight excluding hydrogens is 849 g/mol. The number of hydrogen-bond donors (Lipinski definition) is 0. The maximum Gasteiger partial charge on any atom is 0.189 e. The van der Waals surface area contributed by atoms with Crippen molar-refractivity contribution in [3.63, 3.8) is 0 Å². The number of nitriles is 2. The van der Waals surface area contributed by atoms with Crippen molar-refractivity contribution in [1.29, 1.82) is 10.5 Å². The van der Waals surface area contributed by atoms with Gasteiger partial charge in [-0.05, 0) is 95.2 Å². The Bertz CT molecular complexity index is 1740. The van der Waals surface area contributed by atoms with Crippen molar-refractivity contribution in [3.05, 3.63) is 68.8 Å². The standard InChI is InChI=1S/C33H32N2O4.9F2.FH/c1-17-18(2)20(14-35)30-29(19(17)13-34)38-27-10-22-24(12-28(27)39-30)33(16-32(22,5)6)15-31(3,4)21-9-25(36-7)26(37-8)11-23(21)33;9*1-2;/h9-12H,15-16H2,1-8H3;;;;;;;;;;1H. The van der Waals surface area contributed by atoms with Crippen molar-refractivity contribution in [1.82, 2.24) is 0 Å². The van der Waals surface area contributed by atoms with Gasteiger partial charge in [-0.1, -0.05) is 27.7 Å². The Kier molecular flexibility index (Phi) is 31.6. The molecule has 25 heteroatoms. The molecule has 0 N–H and O–H groups in total. The van der Waals surface area contributed by atoms with Gasteiger partial charge in [0.1, 0.15) is 23.3 Å². The molecule has 6 nitrogen and oxygen atoms in total. The zero-order chi connectivity index (χ0) is 46.1. The van der Waals surface area contributed by atoms with Gasteiger partial charge in [0, 0.05) is 87.8 Å². The molecule has 0 amide bonds. The van der Waals surface area contributed by atoms with Crippen molar-refractivity contribution in [2.24, 2.45) is 0 Å². The molecule has 3 aromatic carbocycles. The van der Waals surface area contributed by atoms with Crippen LogP contribution in [0, 0.1) is 36.5 Å². The van der Waals surface area contributed by atoms with E-state index in [-0.39, 0.29) is 20.9 Å². The largest absolute Gasteiger partial charge is 0.493 e. The number of methoxy groups -OCH3 is 2. The molecule has 1 spiro atoms. The summed E-state index contributed by atoms with van der Waals surface area (Å²) in [6, 6.07) is 13.0. The lowest BCUT2D eigenvalue weighted by Crippen LogP contribution is -2.27. The number of fused-ring (bicyclic) bond motifs is 6. The Morgan fingerprint density at radius 3 is 1.05 bits per heavy atom. The van der Waals surface area contributed by atoms with Crippen LogP contribution in [0.15, 0.2) is 24.3 Å². The second kappa shape index (κ2) is 29.7. The summed E-state index contributed by atoms with van der Waals surface area (Å²) >= 11 is 0. The molecule has 1 unspecified atom stereocenters. The predicted molar refractivity (Wildman–Crippen MR) is 170 cm³/mol. The average Bonchev–Trinajstić information content (AvgIpc) is 3.64. The minimum Gasteiger partial charge on any atom is -0.493 e. The van der Waals surface area contributed by atoms with E-state index in [0.717, 1.165) is 35.5 Å². The summed E-state index contributed by atoms with van der Waals surface area (Å²) in [4.78, 5) is 0. The number of ether oxygens (including phenoxy) is 4. The van der Waals surface area contributed by atoms with Crippen LogP contribution in [0.4, 0.5) is 87.0 Å². The van der Waals surface area contributed by atoms with Gasteiger partial charge in [0.25, 0.3) is 0 Å². The van der Waals surface area contributed by atoms with Crippen LogP contribution in [0.2, 0.25) is 0 Å². The molecular formula is C33H33F19N2O4. The lowest BCUT2D eigenvalue weighted by Gasteiger charge is -2.31. The van der Waals surface area contributed by atoms with Crippen LogP contribution in [0.3, 0.4) is 0 Å². The Labute approximate surface area is 317 Å². The van der Waals surface area contributed by atoms with E-state index in [2.05, 4.69) is 64.1 Å². The van der Waals surface area contributed by atoms with Gasteiger partial charge < -0.3 is 18.9 Å². The van der Waals surface area contributed by atoms with Crippen LogP contribution in [0.1, 0.15) is 85.0 Å². The molecule has 3 aliphatic rings. The van der Waals surface area contributed by atoms with Crippen molar-refractivity contribution >= 4 is 0 Å². The molecule has 1 aliphatic heterocycles. The summed E-state index contributed by atoms with van der Waals surface area (Å²) in [7, 11) is 3.35. The second-order valence-electron chi connectivity index (χ2n) is 12.4. The van der Waals surface area contributed by atoms with Crippen LogP contribution in [0.25, 0.3) is 0 Å². The molecule has 3 aromatic rings. The first-order valence-electron chi connectivity index (χ1n) is 14.5. The van der Waals surface area contributed by atoms with Crippen molar-refractivity contribution in [2.75, 3.05) is 14.2 Å². The molecule has 2 aliphatic carbocycles. The summed E-state index contributed by atoms with van der Waals surface area (Å²) < 4.78 is 168. The third-order valence-corrected chi connectivity index (χ3v) is 9.20. The lowest BCUT2D eigenvalue weighted by molar-refractivity contribution is 0.108. The highest BCUT2D eigenvalue weighted by atomic mass is 20.0. The van der Waals surface area contributed by atoms with Gasteiger partial charge in [-0.3, -0.25) is 4.70 Å². The number of rotatable bonds is 2. The van der Waals surface area contributed by atoms with Gasteiger partial charge in [-0.25, -0.2) is 0 Å². The minimum atomic E-state index is -0.255. The van der Waals surface area contributed by atoms with Gasteiger partial charge in [-0.2, -0.15) is 10.5 Å². The van der Waals surface area contributed by atoms with E-state index in [4.69, 9.17) is 101 Å². The highest BCUT2D eigenvalue weighted by Crippen LogP contribution is 2.65. The third kappa shape index (κ3) is 11.8. The number of hydrogen-bond acceptors (Lipinski definition) is 6. The Balaban J connectivity index is -0.000000438. The molecule has 1 heterocycles. The van der Waals surface area contributed by atoms with Crippen molar-refractivity contribution < 1.29 is 106 Å². The number of halogens is 19. The molecule has 6 rings (SSSR count). The smallest absolute Gasteiger partial charge is 0.189 e. The molecule has 1 atom stereocenters. The van der Waals surface area contributed by atoms with E-state index in [1.807, 2.05) is 13.8 Å². The summed E-state index contributed by atoms with van der Waals surface area (Å²) in [6.07, 6.45) is 1.85. The Morgan fingerprint density at radius 2 is 0.759 bits per heavy atom. The second-order valence-corrected chi connectivity index (χ2v) is 12.4. The maximum absolute atomic E-state index is 9.97. The van der Waals surface area contributed by atoms with E-state index in [0.29, 0.717) is 34.1 Å². The Hall–Kier alpha value is -5.49. The first-order valence-corrected chi connectivity index (χ1v) is 14.5. The van der Waals surface area contributed by atoms with Crippen LogP contribution in [-0.2, 0) is 16.2 Å². The van der Waals surface area contributed by atoms with Crippen LogP contribution >= 0.6 is 0 Å². The molecule has 0 fully saturated rings. The highest BCUT2D eigenvalue weighted by Gasteiger charge is 2.57. The number of benzene rings is 3. The van der Waals surface area contributed by atoms with E-state index in [9.17, 15) is 10.5 Å². The summed E-state index contributed by atoms with van der Waals surface area (Å²) in [6.45, 7) is 12.8. The van der Waals surface area contributed by atoms with Crippen LogP contribution in [-0.4, -0.2) is 14.2 Å². The van der Waals surface area contributed by atoms with E-state index < -0.39 is 0 Å². The van der Waals surface area contributed by atoms with Gasteiger partial charge in [0.05, 0.1) is 14.2 Å². The molecule has 58 heavy (non-hydrogen) atoms. The molecule has 0 saturated carbocycles. The highest BCUT2D eigenvalue weighted by molar-refractivity contribution is 5.73. The van der Waals surface area contributed by atoms with Gasteiger partial charge in [0.15, 0.2) is 34.5 Å². The van der Waals surface area contributed by atoms with Crippen molar-refractivity contribution in [2.45, 2.75) is 70.6 Å². The van der Waals surface area contributed by atoms with E-state index >= 15 is 0 Å². The maximum atomic E-state index is 9.97.